The number of nitriles is 1. The maximum absolute atomic E-state index is 9.01. The zero-order chi connectivity index (χ0) is 11.4. The van der Waals surface area contributed by atoms with Crippen LogP contribution in [0.2, 0.25) is 0 Å². The maximum atomic E-state index is 9.01. The molecule has 2 heterocycles. The molecule has 0 unspecified atom stereocenters. The van der Waals surface area contributed by atoms with Crippen molar-refractivity contribution >= 4 is 5.69 Å². The third-order valence-electron chi connectivity index (χ3n) is 3.42. The highest BCUT2D eigenvalue weighted by molar-refractivity contribution is 5.55. The number of hydrogen-bond acceptors (Lipinski definition) is 3. The quantitative estimate of drug-likeness (QED) is 0.761. The van der Waals surface area contributed by atoms with E-state index in [0.717, 1.165) is 24.7 Å². The fourth-order valence-electron chi connectivity index (χ4n) is 2.32. The Labute approximate surface area is 96.7 Å². The molecule has 1 aliphatic heterocycles. The Morgan fingerprint density at radius 2 is 2.25 bits per heavy atom. The number of pyridine rings is 1. The molecular weight excluding hydrogens is 198 g/mol. The van der Waals surface area contributed by atoms with Crippen LogP contribution in [0.5, 0.6) is 0 Å². The second kappa shape index (κ2) is 4.98. The van der Waals surface area contributed by atoms with Gasteiger partial charge in [0.05, 0.1) is 5.69 Å². The molecule has 0 aliphatic carbocycles. The van der Waals surface area contributed by atoms with Crippen molar-refractivity contribution in [3.05, 3.63) is 24.0 Å². The van der Waals surface area contributed by atoms with Gasteiger partial charge in [-0.2, -0.15) is 5.26 Å². The molecule has 0 radical (unpaired) electrons. The minimum atomic E-state index is 0.553. The molecule has 16 heavy (non-hydrogen) atoms. The molecule has 2 rings (SSSR count). The second-order valence-corrected chi connectivity index (χ2v) is 4.32. The molecule has 1 aromatic rings. The van der Waals surface area contributed by atoms with Gasteiger partial charge < -0.3 is 4.90 Å². The fraction of sp³-hybridized carbons (Fsp3) is 0.538. The number of piperidine rings is 1. The summed E-state index contributed by atoms with van der Waals surface area (Å²) in [7, 11) is 0. The molecule has 1 aromatic heterocycles. The van der Waals surface area contributed by atoms with Crippen LogP contribution in [0.15, 0.2) is 18.3 Å². The van der Waals surface area contributed by atoms with Crippen molar-refractivity contribution in [1.82, 2.24) is 4.98 Å². The molecule has 1 saturated heterocycles. The Balaban J connectivity index is 2.11. The Hall–Kier alpha value is -1.56. The van der Waals surface area contributed by atoms with Crippen LogP contribution >= 0.6 is 0 Å². The average molecular weight is 215 g/mol. The van der Waals surface area contributed by atoms with Crippen molar-refractivity contribution in [2.45, 2.75) is 26.2 Å². The highest BCUT2D eigenvalue weighted by Crippen LogP contribution is 2.26. The number of anilines is 1. The summed E-state index contributed by atoms with van der Waals surface area (Å²) in [6.07, 6.45) is 5.42. The first-order valence-electron chi connectivity index (χ1n) is 5.95. The highest BCUT2D eigenvalue weighted by atomic mass is 15.1. The van der Waals surface area contributed by atoms with Crippen LogP contribution in [0.25, 0.3) is 0 Å². The predicted molar refractivity (Wildman–Crippen MR) is 64.2 cm³/mol. The zero-order valence-electron chi connectivity index (χ0n) is 9.69. The second-order valence-electron chi connectivity index (χ2n) is 4.32. The smallest absolute Gasteiger partial charge is 0.163 e. The first-order chi connectivity index (χ1) is 7.85. The topological polar surface area (TPSA) is 39.9 Å². The third kappa shape index (κ3) is 2.16. The summed E-state index contributed by atoms with van der Waals surface area (Å²) < 4.78 is 0. The Bertz CT molecular complexity index is 386. The van der Waals surface area contributed by atoms with E-state index in [2.05, 4.69) is 22.9 Å². The van der Waals surface area contributed by atoms with Crippen LogP contribution < -0.4 is 4.90 Å². The number of nitrogens with zero attached hydrogens (tertiary/aromatic N) is 3. The average Bonchev–Trinajstić information content (AvgIpc) is 2.39. The Morgan fingerprint density at radius 1 is 1.50 bits per heavy atom. The van der Waals surface area contributed by atoms with Crippen molar-refractivity contribution in [2.75, 3.05) is 18.0 Å². The molecule has 1 aliphatic rings. The van der Waals surface area contributed by atoms with E-state index in [1.165, 1.54) is 19.3 Å². The summed E-state index contributed by atoms with van der Waals surface area (Å²) in [5.74, 6) is 0.860. The standard InChI is InChI=1S/C13H17N3/c1-2-11-5-8-16(9-6-11)13-4-3-7-15-12(13)10-14/h3-4,7,11H,2,5-6,8-9H2,1H3. The molecule has 3 heteroatoms. The lowest BCUT2D eigenvalue weighted by Crippen LogP contribution is -2.34. The van der Waals surface area contributed by atoms with Gasteiger partial charge in [-0.1, -0.05) is 13.3 Å². The van der Waals surface area contributed by atoms with Crippen molar-refractivity contribution < 1.29 is 0 Å². The largest absolute Gasteiger partial charge is 0.369 e. The minimum Gasteiger partial charge on any atom is -0.369 e. The predicted octanol–water partition coefficient (Wildman–Crippen LogP) is 2.58. The SMILES string of the molecule is CCC1CCN(c2cccnc2C#N)CC1. The lowest BCUT2D eigenvalue weighted by Gasteiger charge is -2.33. The minimum absolute atomic E-state index is 0.553. The van der Waals surface area contributed by atoms with Crippen LogP contribution in [-0.4, -0.2) is 18.1 Å². The van der Waals surface area contributed by atoms with Gasteiger partial charge in [0.15, 0.2) is 5.69 Å². The van der Waals surface area contributed by atoms with Crippen molar-refractivity contribution in [3.63, 3.8) is 0 Å². The van der Waals surface area contributed by atoms with Gasteiger partial charge in [-0.25, -0.2) is 4.98 Å². The van der Waals surface area contributed by atoms with Gasteiger partial charge in [0.2, 0.25) is 0 Å². The van der Waals surface area contributed by atoms with E-state index in [4.69, 9.17) is 5.26 Å². The Morgan fingerprint density at radius 3 is 2.88 bits per heavy atom. The normalized spacial score (nSPS) is 17.1. The van der Waals surface area contributed by atoms with E-state index in [-0.39, 0.29) is 0 Å². The van der Waals surface area contributed by atoms with E-state index >= 15 is 0 Å². The van der Waals surface area contributed by atoms with E-state index in [1.54, 1.807) is 6.20 Å². The van der Waals surface area contributed by atoms with Crippen LogP contribution in [0, 0.1) is 17.2 Å². The molecule has 0 saturated carbocycles. The van der Waals surface area contributed by atoms with E-state index in [1.807, 2.05) is 12.1 Å². The lowest BCUT2D eigenvalue weighted by molar-refractivity contribution is 0.395. The van der Waals surface area contributed by atoms with Crippen molar-refractivity contribution in [2.24, 2.45) is 5.92 Å². The molecule has 0 amide bonds. The molecule has 0 spiro atoms. The molecule has 84 valence electrons. The molecule has 1 fully saturated rings. The monoisotopic (exact) mass is 215 g/mol. The van der Waals surface area contributed by atoms with Gasteiger partial charge in [-0.15, -0.1) is 0 Å². The molecular formula is C13H17N3. The number of hydrogen-bond donors (Lipinski definition) is 0. The van der Waals surface area contributed by atoms with Gasteiger partial charge in [0.25, 0.3) is 0 Å². The number of aromatic nitrogens is 1. The zero-order valence-corrected chi connectivity index (χ0v) is 9.69. The summed E-state index contributed by atoms with van der Waals surface area (Å²) in [5, 5.41) is 9.01. The highest BCUT2D eigenvalue weighted by Gasteiger charge is 2.19. The molecule has 0 N–H and O–H groups in total. The van der Waals surface area contributed by atoms with Crippen LogP contribution in [-0.2, 0) is 0 Å². The summed E-state index contributed by atoms with van der Waals surface area (Å²) in [6, 6.07) is 6.07. The molecule has 3 nitrogen and oxygen atoms in total. The fourth-order valence-corrected chi connectivity index (χ4v) is 2.32. The van der Waals surface area contributed by atoms with Crippen LogP contribution in [0.3, 0.4) is 0 Å². The first kappa shape index (κ1) is 10.9. The third-order valence-corrected chi connectivity index (χ3v) is 3.42. The van der Waals surface area contributed by atoms with Gasteiger partial charge in [-0.3, -0.25) is 0 Å². The molecule has 0 bridgehead atoms. The summed E-state index contributed by atoms with van der Waals surface area (Å²) >= 11 is 0. The lowest BCUT2D eigenvalue weighted by atomic mass is 9.94. The summed E-state index contributed by atoms with van der Waals surface area (Å²) in [4.78, 5) is 6.40. The van der Waals surface area contributed by atoms with Crippen molar-refractivity contribution in [1.29, 1.82) is 5.26 Å². The Kier molecular flexibility index (Phi) is 3.40. The van der Waals surface area contributed by atoms with Crippen LogP contribution in [0.4, 0.5) is 5.69 Å². The first-order valence-corrected chi connectivity index (χ1v) is 5.95. The van der Waals surface area contributed by atoms with E-state index in [0.29, 0.717) is 5.69 Å². The van der Waals surface area contributed by atoms with Gasteiger partial charge >= 0.3 is 0 Å². The van der Waals surface area contributed by atoms with Gasteiger partial charge in [-0.05, 0) is 30.9 Å². The van der Waals surface area contributed by atoms with Crippen molar-refractivity contribution in [3.8, 4) is 6.07 Å². The van der Waals surface area contributed by atoms with Crippen LogP contribution in [0.1, 0.15) is 31.9 Å². The van der Waals surface area contributed by atoms with Gasteiger partial charge in [0, 0.05) is 19.3 Å². The summed E-state index contributed by atoms with van der Waals surface area (Å²) in [6.45, 7) is 4.36. The summed E-state index contributed by atoms with van der Waals surface area (Å²) in [5.41, 5.74) is 1.55. The molecule has 0 aromatic carbocycles. The maximum Gasteiger partial charge on any atom is 0.163 e. The molecule has 0 atom stereocenters. The van der Waals surface area contributed by atoms with E-state index in [9.17, 15) is 0 Å². The van der Waals surface area contributed by atoms with Gasteiger partial charge in [0.1, 0.15) is 6.07 Å². The van der Waals surface area contributed by atoms with E-state index < -0.39 is 0 Å². The number of rotatable bonds is 2.